The number of anilines is 1. The van der Waals surface area contributed by atoms with Crippen LogP contribution in [0.4, 0.5) is 17.1 Å². The second kappa shape index (κ2) is 6.16. The van der Waals surface area contributed by atoms with Crippen LogP contribution in [0, 0.1) is 20.2 Å². The average Bonchev–Trinajstić information content (AvgIpc) is 2.25. The van der Waals surface area contributed by atoms with Crippen LogP contribution in [0.2, 0.25) is 0 Å². The van der Waals surface area contributed by atoms with E-state index >= 15 is 0 Å². The van der Waals surface area contributed by atoms with Crippen molar-refractivity contribution in [3.05, 3.63) is 38.4 Å². The van der Waals surface area contributed by atoms with E-state index in [1.54, 1.807) is 0 Å². The molecule has 8 heteroatoms. The van der Waals surface area contributed by atoms with Crippen LogP contribution in [0.3, 0.4) is 0 Å². The summed E-state index contributed by atoms with van der Waals surface area (Å²) in [4.78, 5) is 29.6. The molecular formula is C9H11N3O5. The van der Waals surface area contributed by atoms with Crippen LogP contribution < -0.4 is 5.32 Å². The molecule has 1 N–H and O–H groups in total. The number of rotatable bonds is 5. The first-order valence-corrected chi connectivity index (χ1v) is 4.16. The highest BCUT2D eigenvalue weighted by Crippen LogP contribution is 2.28. The van der Waals surface area contributed by atoms with E-state index in [4.69, 9.17) is 0 Å². The van der Waals surface area contributed by atoms with Crippen molar-refractivity contribution in [2.75, 3.05) is 11.9 Å². The first kappa shape index (κ1) is 14.5. The predicted molar refractivity (Wildman–Crippen MR) is 61.0 cm³/mol. The molecule has 0 heterocycles. The number of aldehydes is 1. The van der Waals surface area contributed by atoms with Crippen molar-refractivity contribution in [1.82, 2.24) is 0 Å². The van der Waals surface area contributed by atoms with Crippen LogP contribution in [0.25, 0.3) is 0 Å². The summed E-state index contributed by atoms with van der Waals surface area (Å²) in [5, 5.41) is 23.5. The molecule has 0 atom stereocenters. The molecule has 0 spiro atoms. The molecule has 92 valence electrons. The van der Waals surface area contributed by atoms with Gasteiger partial charge in [0, 0.05) is 6.07 Å². The zero-order valence-corrected chi connectivity index (χ0v) is 7.95. The number of benzene rings is 1. The molecule has 1 rings (SSSR count). The molecule has 0 aliphatic carbocycles. The van der Waals surface area contributed by atoms with Crippen molar-refractivity contribution in [1.29, 1.82) is 0 Å². The Balaban J connectivity index is 0.00000256. The van der Waals surface area contributed by atoms with Crippen LogP contribution in [-0.4, -0.2) is 22.7 Å². The molecule has 1 aromatic rings. The van der Waals surface area contributed by atoms with Gasteiger partial charge >= 0.3 is 0 Å². The standard InChI is InChI=1S/C8H7N3O5.CH4/c12-4-3-9-7-2-1-6(10(13)14)5-8(7)11(15)16;/h1-2,4-5,9H,3H2;1H4. The lowest BCUT2D eigenvalue weighted by atomic mass is 10.2. The van der Waals surface area contributed by atoms with Gasteiger partial charge in [-0.1, -0.05) is 7.43 Å². The Morgan fingerprint density at radius 2 is 1.88 bits per heavy atom. The number of nitrogens with zero attached hydrogens (tertiary/aromatic N) is 2. The normalized spacial score (nSPS) is 8.94. The highest BCUT2D eigenvalue weighted by molar-refractivity contribution is 5.68. The molecule has 0 aromatic heterocycles. The zero-order valence-electron chi connectivity index (χ0n) is 7.95. The van der Waals surface area contributed by atoms with Gasteiger partial charge in [-0.25, -0.2) is 0 Å². The molecule has 0 amide bonds. The van der Waals surface area contributed by atoms with E-state index in [0.29, 0.717) is 6.29 Å². The van der Waals surface area contributed by atoms with Gasteiger partial charge in [0.25, 0.3) is 11.4 Å². The van der Waals surface area contributed by atoms with E-state index in [1.165, 1.54) is 6.07 Å². The van der Waals surface area contributed by atoms with E-state index in [0.717, 1.165) is 12.1 Å². The van der Waals surface area contributed by atoms with Crippen molar-refractivity contribution < 1.29 is 14.6 Å². The lowest BCUT2D eigenvalue weighted by Gasteiger charge is -2.02. The quantitative estimate of drug-likeness (QED) is 0.477. The fourth-order valence-corrected chi connectivity index (χ4v) is 1.09. The molecule has 0 saturated carbocycles. The fraction of sp³-hybridized carbons (Fsp3) is 0.222. The van der Waals surface area contributed by atoms with Gasteiger partial charge < -0.3 is 10.1 Å². The molecular weight excluding hydrogens is 230 g/mol. The van der Waals surface area contributed by atoms with Crippen LogP contribution >= 0.6 is 0 Å². The second-order valence-corrected chi connectivity index (χ2v) is 2.76. The van der Waals surface area contributed by atoms with Crippen LogP contribution in [0.15, 0.2) is 18.2 Å². The van der Waals surface area contributed by atoms with E-state index in [9.17, 15) is 25.0 Å². The Morgan fingerprint density at radius 3 is 2.35 bits per heavy atom. The Labute approximate surface area is 96.5 Å². The van der Waals surface area contributed by atoms with Gasteiger partial charge in [0.1, 0.15) is 12.0 Å². The molecule has 0 aliphatic rings. The largest absolute Gasteiger partial charge is 0.373 e. The highest BCUT2D eigenvalue weighted by Gasteiger charge is 2.18. The van der Waals surface area contributed by atoms with Gasteiger partial charge in [0.15, 0.2) is 0 Å². The Morgan fingerprint density at radius 1 is 1.24 bits per heavy atom. The van der Waals surface area contributed by atoms with Crippen LogP contribution in [0.5, 0.6) is 0 Å². The summed E-state index contributed by atoms with van der Waals surface area (Å²) in [6.45, 7) is -0.0986. The number of hydrogen-bond acceptors (Lipinski definition) is 6. The molecule has 8 nitrogen and oxygen atoms in total. The molecule has 17 heavy (non-hydrogen) atoms. The summed E-state index contributed by atoms with van der Waals surface area (Å²) >= 11 is 0. The predicted octanol–water partition coefficient (Wildman–Crippen LogP) is 1.75. The van der Waals surface area contributed by atoms with Crippen molar-refractivity contribution in [2.45, 2.75) is 7.43 Å². The molecule has 0 aliphatic heterocycles. The lowest BCUT2D eigenvalue weighted by molar-refractivity contribution is -0.393. The van der Waals surface area contributed by atoms with E-state index in [1.807, 2.05) is 0 Å². The number of non-ortho nitro benzene ring substituents is 1. The summed E-state index contributed by atoms with van der Waals surface area (Å²) in [5.41, 5.74) is -0.734. The van der Waals surface area contributed by atoms with Crippen LogP contribution in [0.1, 0.15) is 7.43 Å². The minimum Gasteiger partial charge on any atom is -0.373 e. The van der Waals surface area contributed by atoms with E-state index in [-0.39, 0.29) is 25.3 Å². The van der Waals surface area contributed by atoms with Gasteiger partial charge in [0.2, 0.25) is 0 Å². The van der Waals surface area contributed by atoms with Gasteiger partial charge in [-0.05, 0) is 6.07 Å². The molecule has 1 aromatic carbocycles. The van der Waals surface area contributed by atoms with Gasteiger partial charge in [-0.2, -0.15) is 0 Å². The van der Waals surface area contributed by atoms with Gasteiger partial charge in [-0.3, -0.25) is 20.2 Å². The topological polar surface area (TPSA) is 115 Å². The maximum Gasteiger partial charge on any atom is 0.299 e. The third-order valence-corrected chi connectivity index (χ3v) is 1.76. The Kier molecular flexibility index (Phi) is 5.25. The molecule has 0 radical (unpaired) electrons. The summed E-state index contributed by atoms with van der Waals surface area (Å²) in [5.74, 6) is 0. The summed E-state index contributed by atoms with van der Waals surface area (Å²) in [7, 11) is 0. The average molecular weight is 241 g/mol. The number of nitro benzene ring substituents is 2. The maximum absolute atomic E-state index is 10.6. The molecule has 0 saturated heterocycles. The fourth-order valence-electron chi connectivity index (χ4n) is 1.09. The maximum atomic E-state index is 10.6. The van der Waals surface area contributed by atoms with Crippen molar-refractivity contribution >= 4 is 23.3 Å². The first-order valence-electron chi connectivity index (χ1n) is 4.16. The summed E-state index contributed by atoms with van der Waals surface area (Å²) < 4.78 is 0. The zero-order chi connectivity index (χ0) is 12.1. The highest BCUT2D eigenvalue weighted by atomic mass is 16.6. The Hall–Kier alpha value is -2.51. The smallest absolute Gasteiger partial charge is 0.299 e. The monoisotopic (exact) mass is 241 g/mol. The van der Waals surface area contributed by atoms with Crippen LogP contribution in [-0.2, 0) is 4.79 Å². The summed E-state index contributed by atoms with van der Waals surface area (Å²) in [6.07, 6.45) is 0.533. The number of carbonyl (C=O) groups is 1. The third-order valence-electron chi connectivity index (χ3n) is 1.76. The van der Waals surface area contributed by atoms with Crippen molar-refractivity contribution in [3.63, 3.8) is 0 Å². The number of nitro groups is 2. The van der Waals surface area contributed by atoms with Crippen molar-refractivity contribution in [3.8, 4) is 0 Å². The first-order chi connectivity index (χ1) is 7.56. The van der Waals surface area contributed by atoms with Gasteiger partial charge in [-0.15, -0.1) is 0 Å². The number of carbonyl (C=O) groups excluding carboxylic acids is 1. The minimum absolute atomic E-state index is 0. The number of hydrogen-bond donors (Lipinski definition) is 1. The third kappa shape index (κ3) is 3.52. The van der Waals surface area contributed by atoms with Gasteiger partial charge in [0.05, 0.1) is 22.5 Å². The van der Waals surface area contributed by atoms with E-state index < -0.39 is 15.5 Å². The molecule has 0 unspecified atom stereocenters. The Bertz CT molecular complexity index is 446. The second-order valence-electron chi connectivity index (χ2n) is 2.76. The van der Waals surface area contributed by atoms with Crippen molar-refractivity contribution in [2.24, 2.45) is 0 Å². The lowest BCUT2D eigenvalue weighted by Crippen LogP contribution is -2.05. The molecule has 0 fully saturated rings. The molecule has 0 bridgehead atoms. The minimum atomic E-state index is -0.750. The number of nitrogens with one attached hydrogen (secondary N) is 1. The SMILES string of the molecule is C.O=CCNc1ccc([N+](=O)[O-])cc1[N+](=O)[O-]. The summed E-state index contributed by atoms with van der Waals surface area (Å²) in [6, 6.07) is 3.16. The van der Waals surface area contributed by atoms with E-state index in [2.05, 4.69) is 5.32 Å².